The van der Waals surface area contributed by atoms with Crippen LogP contribution in [0.3, 0.4) is 0 Å². The zero-order chi connectivity index (χ0) is 31.4. The summed E-state index contributed by atoms with van der Waals surface area (Å²) in [5.74, 6) is 0.729. The van der Waals surface area contributed by atoms with Crippen LogP contribution in [0.2, 0.25) is 0 Å². The topological polar surface area (TPSA) is 115 Å². The van der Waals surface area contributed by atoms with Gasteiger partial charge in [0.1, 0.15) is 10.5 Å². The fraction of sp³-hybridized carbons (Fsp3) is 0.618. The molecule has 0 saturated heterocycles. The van der Waals surface area contributed by atoms with Gasteiger partial charge in [0.2, 0.25) is 10.9 Å². The van der Waals surface area contributed by atoms with Crippen molar-refractivity contribution >= 4 is 39.8 Å². The Hall–Kier alpha value is -2.78. The van der Waals surface area contributed by atoms with Gasteiger partial charge in [0, 0.05) is 59.4 Å². The van der Waals surface area contributed by atoms with Crippen molar-refractivity contribution in [2.45, 2.75) is 103 Å². The average Bonchev–Trinajstić information content (AvgIpc) is 3.44. The zero-order valence-electron chi connectivity index (χ0n) is 26.7. The molecule has 0 unspecified atom stereocenters. The minimum atomic E-state index is -1.16. The van der Waals surface area contributed by atoms with Crippen LogP contribution in [0.15, 0.2) is 35.4 Å². The van der Waals surface area contributed by atoms with Gasteiger partial charge in [0.25, 0.3) is 11.8 Å². The lowest BCUT2D eigenvalue weighted by molar-refractivity contribution is -0.138. The quantitative estimate of drug-likeness (QED) is 0.172. The molecule has 2 heterocycles. The summed E-state index contributed by atoms with van der Waals surface area (Å²) in [5.41, 5.74) is 2.15. The van der Waals surface area contributed by atoms with Crippen molar-refractivity contribution in [2.75, 3.05) is 19.7 Å². The molecule has 0 bridgehead atoms. The molecule has 2 N–H and O–H groups in total. The number of aromatic amines is 1. The summed E-state index contributed by atoms with van der Waals surface area (Å²) in [6.07, 6.45) is 9.53. The molecule has 1 aliphatic carbocycles. The Morgan fingerprint density at radius 2 is 1.70 bits per heavy atom. The van der Waals surface area contributed by atoms with Crippen LogP contribution < -0.4 is 10.1 Å². The van der Waals surface area contributed by atoms with Crippen molar-refractivity contribution in [3.05, 3.63) is 35.9 Å². The number of unbranched alkanes of at least 4 members (excludes halogenated alkanes) is 2. The lowest BCUT2D eigenvalue weighted by Crippen LogP contribution is -2.38. The number of nitrogens with zero attached hydrogens (tertiary/aromatic N) is 1. The Labute approximate surface area is 259 Å². The van der Waals surface area contributed by atoms with Crippen molar-refractivity contribution in [3.8, 4) is 5.75 Å². The minimum absolute atomic E-state index is 0.0100. The number of hydrogen-bond donors (Lipinski definition) is 2. The number of amides is 3. The Balaban J connectivity index is 1.17. The van der Waals surface area contributed by atoms with E-state index in [0.717, 1.165) is 78.6 Å². The average molecular weight is 612 g/mol. The lowest BCUT2D eigenvalue weighted by Gasteiger charge is -2.30. The van der Waals surface area contributed by atoms with Crippen LogP contribution in [0.5, 0.6) is 5.75 Å². The number of rotatable bonds is 12. The first kappa shape index (κ1) is 33.1. The van der Waals surface area contributed by atoms with E-state index in [-0.39, 0.29) is 39.7 Å². The Kier molecular flexibility index (Phi) is 10.7. The number of fused-ring (bicyclic) bond motifs is 1. The highest BCUT2D eigenvalue weighted by Crippen LogP contribution is 2.37. The monoisotopic (exact) mass is 611 g/mol. The molecule has 1 fully saturated rings. The molecule has 4 rings (SSSR count). The van der Waals surface area contributed by atoms with E-state index in [1.54, 1.807) is 0 Å². The first-order valence-electron chi connectivity index (χ1n) is 15.7. The number of hydrogen-bond acceptors (Lipinski definition) is 5. The second kappa shape index (κ2) is 13.9. The Morgan fingerprint density at radius 1 is 1.02 bits per heavy atom. The standard InChI is InChI=1S/C34H49N3O5S/c1-33(2,3)21-27-26-15-14-25(20-28(26)36-32(27)43(41)34(4,5)6)42-19-9-7-8-18-35-31(40)24-12-10-23(11-13-24)22-37-29(38)16-17-30(37)39/h14-17,20,23-24,36H,7-13,18-19,21-22H2,1-6H3,(H,35,40)/t23?,24?,43-/m0/s1. The summed E-state index contributed by atoms with van der Waals surface area (Å²) in [7, 11) is 0. The highest BCUT2D eigenvalue weighted by atomic mass is 32.2. The highest BCUT2D eigenvalue weighted by Gasteiger charge is 2.34. The van der Waals surface area contributed by atoms with E-state index < -0.39 is 11.2 Å². The van der Waals surface area contributed by atoms with Gasteiger partial charge >= 0.3 is 0 Å². The summed E-state index contributed by atoms with van der Waals surface area (Å²) in [4.78, 5) is 41.0. The number of nitrogens with one attached hydrogen (secondary N) is 2. The fourth-order valence-corrected chi connectivity index (χ4v) is 7.12. The molecule has 8 nitrogen and oxygen atoms in total. The zero-order valence-corrected chi connectivity index (χ0v) is 27.5. The maximum atomic E-state index is 13.3. The molecule has 1 aromatic heterocycles. The van der Waals surface area contributed by atoms with E-state index in [1.807, 2.05) is 32.9 Å². The van der Waals surface area contributed by atoms with E-state index in [0.29, 0.717) is 19.7 Å². The summed E-state index contributed by atoms with van der Waals surface area (Å²) >= 11 is -1.16. The molecule has 1 atom stereocenters. The lowest BCUT2D eigenvalue weighted by atomic mass is 9.81. The van der Waals surface area contributed by atoms with Gasteiger partial charge in [-0.3, -0.25) is 19.3 Å². The molecule has 1 aromatic carbocycles. The van der Waals surface area contributed by atoms with Gasteiger partial charge in [-0.2, -0.15) is 0 Å². The second-order valence-corrected chi connectivity index (χ2v) is 16.5. The van der Waals surface area contributed by atoms with Gasteiger partial charge < -0.3 is 19.6 Å². The van der Waals surface area contributed by atoms with Gasteiger partial charge in [0.15, 0.2) is 0 Å². The van der Waals surface area contributed by atoms with Crippen LogP contribution in [0.25, 0.3) is 10.9 Å². The third kappa shape index (κ3) is 8.88. The molecule has 2 aliphatic rings. The van der Waals surface area contributed by atoms with Crippen LogP contribution >= 0.6 is 0 Å². The molecular formula is C34H49N3O5S. The summed E-state index contributed by atoms with van der Waals surface area (Å²) in [5, 5.41) is 5.01. The van der Waals surface area contributed by atoms with Gasteiger partial charge in [-0.05, 0) is 95.6 Å². The number of ether oxygens (including phenoxy) is 1. The van der Waals surface area contributed by atoms with Crippen LogP contribution in [0.1, 0.15) is 92.1 Å². The number of H-pyrrole nitrogens is 1. The normalized spacial score (nSPS) is 20.2. The van der Waals surface area contributed by atoms with Crippen LogP contribution in [-0.4, -0.2) is 56.6 Å². The maximum Gasteiger partial charge on any atom is 0.253 e. The number of benzene rings is 1. The first-order valence-corrected chi connectivity index (χ1v) is 16.9. The third-order valence-corrected chi connectivity index (χ3v) is 10.1. The number of imide groups is 1. The molecule has 1 aliphatic heterocycles. The van der Waals surface area contributed by atoms with E-state index in [9.17, 15) is 18.9 Å². The molecular weight excluding hydrogens is 562 g/mol. The molecule has 3 amide bonds. The molecule has 2 aromatic rings. The van der Waals surface area contributed by atoms with E-state index in [1.165, 1.54) is 17.1 Å². The largest absolute Gasteiger partial charge is 0.610 e. The third-order valence-electron chi connectivity index (χ3n) is 8.24. The predicted molar refractivity (Wildman–Crippen MR) is 171 cm³/mol. The second-order valence-electron chi connectivity index (χ2n) is 14.3. The fourth-order valence-electron chi connectivity index (χ4n) is 5.90. The minimum Gasteiger partial charge on any atom is -0.610 e. The highest BCUT2D eigenvalue weighted by molar-refractivity contribution is 7.92. The van der Waals surface area contributed by atoms with E-state index >= 15 is 0 Å². The summed E-state index contributed by atoms with van der Waals surface area (Å²) < 4.78 is 19.0. The van der Waals surface area contributed by atoms with Crippen molar-refractivity contribution in [1.82, 2.24) is 15.2 Å². The summed E-state index contributed by atoms with van der Waals surface area (Å²) in [6.45, 7) is 14.3. The maximum absolute atomic E-state index is 13.3. The van der Waals surface area contributed by atoms with Gasteiger partial charge in [-0.25, -0.2) is 0 Å². The van der Waals surface area contributed by atoms with Crippen LogP contribution in [0.4, 0.5) is 0 Å². The van der Waals surface area contributed by atoms with Crippen molar-refractivity contribution in [2.24, 2.45) is 17.3 Å². The Bertz CT molecular complexity index is 1310. The van der Waals surface area contributed by atoms with Crippen LogP contribution in [-0.2, 0) is 32.0 Å². The van der Waals surface area contributed by atoms with Crippen molar-refractivity contribution in [1.29, 1.82) is 0 Å². The molecule has 9 heteroatoms. The van der Waals surface area contributed by atoms with E-state index in [2.05, 4.69) is 37.1 Å². The van der Waals surface area contributed by atoms with Gasteiger partial charge in [-0.1, -0.05) is 20.8 Å². The Morgan fingerprint density at radius 3 is 2.33 bits per heavy atom. The van der Waals surface area contributed by atoms with Crippen molar-refractivity contribution in [3.63, 3.8) is 0 Å². The van der Waals surface area contributed by atoms with Crippen LogP contribution in [0, 0.1) is 17.3 Å². The predicted octanol–water partition coefficient (Wildman–Crippen LogP) is 6.06. The number of aromatic nitrogens is 1. The molecule has 0 radical (unpaired) electrons. The molecule has 43 heavy (non-hydrogen) atoms. The first-order chi connectivity index (χ1) is 20.2. The van der Waals surface area contributed by atoms with Gasteiger partial charge in [-0.15, -0.1) is 0 Å². The van der Waals surface area contributed by atoms with E-state index in [4.69, 9.17) is 4.74 Å². The molecule has 0 spiro atoms. The smallest absolute Gasteiger partial charge is 0.253 e. The molecule has 1 saturated carbocycles. The number of carbonyl (C=O) groups is 3. The SMILES string of the molecule is CC(C)(C)Cc1c([S@+]([O-])C(C)(C)C)[nH]c2cc(OCCCCCNC(=O)C3CCC(CN4C(=O)C=CC4=O)CC3)ccc12. The number of carbonyl (C=O) groups excluding carboxylic acids is 3. The molecule has 236 valence electrons. The van der Waals surface area contributed by atoms with Gasteiger partial charge in [0.05, 0.1) is 12.1 Å². The summed E-state index contributed by atoms with van der Waals surface area (Å²) in [6, 6.07) is 6.09. The van der Waals surface area contributed by atoms with Crippen molar-refractivity contribution < 1.29 is 23.7 Å².